The van der Waals surface area contributed by atoms with Crippen molar-refractivity contribution in [1.29, 1.82) is 0 Å². The van der Waals surface area contributed by atoms with E-state index in [1.165, 1.54) is 38.2 Å². The molecule has 1 unspecified atom stereocenters. The highest BCUT2D eigenvalue weighted by atomic mass is 19.3. The molecule has 9 nitrogen and oxygen atoms in total. The third-order valence-corrected chi connectivity index (χ3v) is 5.37. The van der Waals surface area contributed by atoms with Gasteiger partial charge in [0.15, 0.2) is 0 Å². The van der Waals surface area contributed by atoms with Crippen LogP contribution in [0.4, 0.5) is 19.3 Å². The lowest BCUT2D eigenvalue weighted by Gasteiger charge is -2.23. The van der Waals surface area contributed by atoms with Crippen molar-refractivity contribution in [2.75, 3.05) is 25.5 Å². The zero-order chi connectivity index (χ0) is 25.0. The summed E-state index contributed by atoms with van der Waals surface area (Å²) in [4.78, 5) is 52.1. The summed E-state index contributed by atoms with van der Waals surface area (Å²) < 4.78 is 29.0. The number of urea groups is 1. The Kier molecular flexibility index (Phi) is 7.14. The summed E-state index contributed by atoms with van der Waals surface area (Å²) in [5, 5.41) is 5.19. The smallest absolute Gasteiger partial charge is 0.387 e. The molecular formula is C23H24F2N4O5. The van der Waals surface area contributed by atoms with Crippen LogP contribution in [0.3, 0.4) is 0 Å². The molecule has 11 heteroatoms. The average Bonchev–Trinajstić information content (AvgIpc) is 2.99. The van der Waals surface area contributed by atoms with Gasteiger partial charge >= 0.3 is 12.6 Å². The van der Waals surface area contributed by atoms with Gasteiger partial charge in [0.25, 0.3) is 5.91 Å². The van der Waals surface area contributed by atoms with Crippen LogP contribution >= 0.6 is 0 Å². The van der Waals surface area contributed by atoms with Crippen molar-refractivity contribution in [2.24, 2.45) is 0 Å². The summed E-state index contributed by atoms with van der Waals surface area (Å²) in [6.07, 6.45) is 0. The first-order chi connectivity index (χ1) is 16.0. The second kappa shape index (κ2) is 9.86. The number of carbonyl (C=O) groups is 4. The first-order valence-electron chi connectivity index (χ1n) is 10.3. The van der Waals surface area contributed by atoms with Gasteiger partial charge in [0.2, 0.25) is 11.8 Å². The van der Waals surface area contributed by atoms with Crippen LogP contribution in [-0.4, -0.2) is 60.3 Å². The van der Waals surface area contributed by atoms with Crippen molar-refractivity contribution >= 4 is 29.4 Å². The molecule has 2 aromatic rings. The number of aryl methyl sites for hydroxylation is 1. The Labute approximate surface area is 194 Å². The Bertz CT molecular complexity index is 1090. The first-order valence-corrected chi connectivity index (χ1v) is 10.3. The molecule has 1 saturated heterocycles. The highest BCUT2D eigenvalue weighted by Gasteiger charge is 2.49. The number of halogens is 2. The molecule has 1 aliphatic heterocycles. The maximum atomic E-state index is 13.0. The minimum absolute atomic E-state index is 0.100. The van der Waals surface area contributed by atoms with E-state index >= 15 is 0 Å². The Morgan fingerprint density at radius 1 is 1.12 bits per heavy atom. The summed E-state index contributed by atoms with van der Waals surface area (Å²) in [5.74, 6) is -1.84. The number of amides is 5. The summed E-state index contributed by atoms with van der Waals surface area (Å²) in [6.45, 7) is -0.484. The van der Waals surface area contributed by atoms with Crippen molar-refractivity contribution in [1.82, 2.24) is 15.1 Å². The second-order valence-electron chi connectivity index (χ2n) is 8.01. The molecule has 180 valence electrons. The summed E-state index contributed by atoms with van der Waals surface area (Å²) in [5.41, 5.74) is 0.435. The highest BCUT2D eigenvalue weighted by Crippen LogP contribution is 2.30. The molecule has 3 rings (SSSR count). The topological polar surface area (TPSA) is 108 Å². The van der Waals surface area contributed by atoms with Crippen LogP contribution in [0.25, 0.3) is 0 Å². The lowest BCUT2D eigenvalue weighted by atomic mass is 9.92. The zero-order valence-electron chi connectivity index (χ0n) is 18.8. The van der Waals surface area contributed by atoms with Crippen molar-refractivity contribution in [3.05, 3.63) is 59.7 Å². The van der Waals surface area contributed by atoms with Gasteiger partial charge < -0.3 is 20.3 Å². The minimum atomic E-state index is -2.99. The molecule has 0 spiro atoms. The molecule has 2 N–H and O–H groups in total. The quantitative estimate of drug-likeness (QED) is 0.572. The molecule has 0 saturated carbocycles. The molecule has 1 aliphatic rings. The monoisotopic (exact) mass is 474 g/mol. The molecule has 2 aromatic carbocycles. The standard InChI is InChI=1S/C23H24F2N4O5/c1-14-4-8-16(9-5-14)26-18(30)12-28(3)19(31)13-29-20(32)23(2,27-22(29)33)15-6-10-17(11-7-15)34-21(24)25/h4-11,21H,12-13H2,1-3H3,(H,26,30)(H,27,33). The molecule has 34 heavy (non-hydrogen) atoms. The largest absolute Gasteiger partial charge is 0.435 e. The van der Waals surface area contributed by atoms with Gasteiger partial charge in [-0.1, -0.05) is 29.8 Å². The van der Waals surface area contributed by atoms with Crippen molar-refractivity contribution in [3.8, 4) is 5.75 Å². The van der Waals surface area contributed by atoms with Crippen LogP contribution in [0.2, 0.25) is 0 Å². The van der Waals surface area contributed by atoms with E-state index in [4.69, 9.17) is 0 Å². The molecule has 1 heterocycles. The van der Waals surface area contributed by atoms with E-state index in [0.29, 0.717) is 11.3 Å². The predicted octanol–water partition coefficient (Wildman–Crippen LogP) is 2.46. The molecular weight excluding hydrogens is 450 g/mol. The number of hydrogen-bond donors (Lipinski definition) is 2. The number of nitrogens with zero attached hydrogens (tertiary/aromatic N) is 2. The molecule has 0 aromatic heterocycles. The van der Waals surface area contributed by atoms with E-state index in [0.717, 1.165) is 15.4 Å². The van der Waals surface area contributed by atoms with Crippen LogP contribution in [0.5, 0.6) is 5.75 Å². The SMILES string of the molecule is Cc1ccc(NC(=O)CN(C)C(=O)CN2C(=O)NC(C)(c3ccc(OC(F)F)cc3)C2=O)cc1. The number of ether oxygens (including phenoxy) is 1. The number of hydrogen-bond acceptors (Lipinski definition) is 5. The average molecular weight is 474 g/mol. The van der Waals surface area contributed by atoms with Crippen LogP contribution in [0.1, 0.15) is 18.1 Å². The number of carbonyl (C=O) groups excluding carboxylic acids is 4. The fourth-order valence-corrected chi connectivity index (χ4v) is 3.40. The Hall–Kier alpha value is -4.02. The maximum Gasteiger partial charge on any atom is 0.387 e. The van der Waals surface area contributed by atoms with Crippen LogP contribution < -0.4 is 15.4 Å². The van der Waals surface area contributed by atoms with Gasteiger partial charge in [0.1, 0.15) is 17.8 Å². The minimum Gasteiger partial charge on any atom is -0.435 e. The molecule has 1 fully saturated rings. The number of imide groups is 1. The van der Waals surface area contributed by atoms with E-state index in [2.05, 4.69) is 15.4 Å². The number of rotatable bonds is 8. The number of anilines is 1. The zero-order valence-corrected chi connectivity index (χ0v) is 18.8. The summed E-state index contributed by atoms with van der Waals surface area (Å²) in [7, 11) is 1.39. The van der Waals surface area contributed by atoms with Gasteiger partial charge in [-0.15, -0.1) is 0 Å². The number of benzene rings is 2. The molecule has 1 atom stereocenters. The predicted molar refractivity (Wildman–Crippen MR) is 118 cm³/mol. The van der Waals surface area contributed by atoms with E-state index in [-0.39, 0.29) is 12.3 Å². The number of nitrogens with one attached hydrogen (secondary N) is 2. The first kappa shape index (κ1) is 24.6. The van der Waals surface area contributed by atoms with Crippen molar-refractivity contribution in [3.63, 3.8) is 0 Å². The van der Waals surface area contributed by atoms with Crippen molar-refractivity contribution in [2.45, 2.75) is 26.0 Å². The van der Waals surface area contributed by atoms with Crippen LogP contribution in [-0.2, 0) is 19.9 Å². The van der Waals surface area contributed by atoms with Crippen LogP contribution in [0, 0.1) is 6.92 Å². The van der Waals surface area contributed by atoms with Gasteiger partial charge in [0.05, 0.1) is 6.54 Å². The lowest BCUT2D eigenvalue weighted by Crippen LogP contribution is -2.45. The van der Waals surface area contributed by atoms with Gasteiger partial charge in [-0.05, 0) is 43.7 Å². The molecule has 0 bridgehead atoms. The molecule has 5 amide bonds. The van der Waals surface area contributed by atoms with E-state index in [1.807, 2.05) is 19.1 Å². The molecule has 0 aliphatic carbocycles. The van der Waals surface area contributed by atoms with E-state index in [1.54, 1.807) is 12.1 Å². The van der Waals surface area contributed by atoms with E-state index in [9.17, 15) is 28.0 Å². The lowest BCUT2D eigenvalue weighted by molar-refractivity contribution is -0.139. The Morgan fingerprint density at radius 2 is 1.74 bits per heavy atom. The summed E-state index contributed by atoms with van der Waals surface area (Å²) in [6, 6.07) is 11.6. The van der Waals surface area contributed by atoms with Crippen molar-refractivity contribution < 1.29 is 32.7 Å². The van der Waals surface area contributed by atoms with E-state index < -0.39 is 42.4 Å². The van der Waals surface area contributed by atoms with Gasteiger partial charge in [-0.3, -0.25) is 19.3 Å². The molecule has 0 radical (unpaired) electrons. The highest BCUT2D eigenvalue weighted by molar-refractivity contribution is 6.09. The third-order valence-electron chi connectivity index (χ3n) is 5.37. The second-order valence-corrected chi connectivity index (χ2v) is 8.01. The van der Waals surface area contributed by atoms with Gasteiger partial charge in [-0.2, -0.15) is 8.78 Å². The fraction of sp³-hybridized carbons (Fsp3) is 0.304. The third kappa shape index (κ3) is 5.48. The Balaban J connectivity index is 1.61. The number of alkyl halides is 2. The Morgan fingerprint density at radius 3 is 2.32 bits per heavy atom. The maximum absolute atomic E-state index is 13.0. The van der Waals surface area contributed by atoms with Crippen LogP contribution in [0.15, 0.2) is 48.5 Å². The van der Waals surface area contributed by atoms with Gasteiger partial charge in [0, 0.05) is 12.7 Å². The van der Waals surface area contributed by atoms with Gasteiger partial charge in [-0.25, -0.2) is 4.79 Å². The normalized spacial score (nSPS) is 17.5. The fourth-order valence-electron chi connectivity index (χ4n) is 3.40. The number of likely N-dealkylation sites (N-methyl/N-ethyl adjacent to an activating group) is 1. The summed E-state index contributed by atoms with van der Waals surface area (Å²) >= 11 is 0.